The van der Waals surface area contributed by atoms with Crippen LogP contribution in [0.3, 0.4) is 0 Å². The van der Waals surface area contributed by atoms with E-state index in [1.165, 1.54) is 51.9 Å². The fraction of sp³-hybridized carbons (Fsp3) is 0.611. The molecule has 6 aliphatic rings. The van der Waals surface area contributed by atoms with Crippen molar-refractivity contribution in [3.63, 3.8) is 0 Å². The third kappa shape index (κ3) is 4.48. The van der Waals surface area contributed by atoms with Crippen molar-refractivity contribution in [3.8, 4) is 11.5 Å². The van der Waals surface area contributed by atoms with Gasteiger partial charge in [0.25, 0.3) is 0 Å². The van der Waals surface area contributed by atoms with E-state index in [0.29, 0.717) is 25.2 Å². The zero-order valence-corrected chi connectivity index (χ0v) is 26.4. The van der Waals surface area contributed by atoms with Gasteiger partial charge >= 0.3 is 0 Å². The Kier molecular flexibility index (Phi) is 7.26. The summed E-state index contributed by atoms with van der Waals surface area (Å²) in [5.41, 5.74) is 2.51. The highest BCUT2D eigenvalue weighted by Crippen LogP contribution is 2.72. The largest absolute Gasteiger partial charge is 0.487 e. The van der Waals surface area contributed by atoms with Gasteiger partial charge in [-0.05, 0) is 92.0 Å². The number of benzene rings is 2. The predicted octanol–water partition coefficient (Wildman–Crippen LogP) is 6.57. The van der Waals surface area contributed by atoms with Gasteiger partial charge in [0.15, 0.2) is 11.5 Å². The van der Waals surface area contributed by atoms with Crippen LogP contribution < -0.4 is 9.47 Å². The molecule has 1 unspecified atom stereocenters. The van der Waals surface area contributed by atoms with Crippen LogP contribution in [0.4, 0.5) is 0 Å². The van der Waals surface area contributed by atoms with Gasteiger partial charge in [0, 0.05) is 46.7 Å². The lowest BCUT2D eigenvalue weighted by Gasteiger charge is -2.66. The van der Waals surface area contributed by atoms with Gasteiger partial charge in [-0.3, -0.25) is 4.90 Å². The van der Waals surface area contributed by atoms with Crippen LogP contribution in [-0.2, 0) is 22.5 Å². The van der Waals surface area contributed by atoms with E-state index in [1.54, 1.807) is 0 Å². The molecule has 7 heteroatoms. The predicted molar refractivity (Wildman–Crippen MR) is 169 cm³/mol. The molecule has 0 saturated heterocycles. The fourth-order valence-corrected chi connectivity index (χ4v) is 10.6. The smallest absolute Gasteiger partial charge is 0.165 e. The maximum Gasteiger partial charge on any atom is 0.165 e. The molecule has 4 saturated carbocycles. The molecule has 5 aliphatic carbocycles. The Balaban J connectivity index is 1.15. The molecule has 0 amide bonds. The molecule has 1 spiro atoms. The van der Waals surface area contributed by atoms with E-state index in [0.717, 1.165) is 49.6 Å². The van der Waals surface area contributed by atoms with E-state index in [-0.39, 0.29) is 30.7 Å². The molecule has 4 fully saturated rings. The molecule has 6 nitrogen and oxygen atoms in total. The van der Waals surface area contributed by atoms with Gasteiger partial charge < -0.3 is 24.1 Å². The molecule has 9 rings (SSSR count). The fourth-order valence-electron chi connectivity index (χ4n) is 9.57. The average Bonchev–Trinajstić information content (AvgIpc) is 3.58. The second kappa shape index (κ2) is 11.0. The minimum atomic E-state index is -0.398. The molecule has 3 aromatic rings. The van der Waals surface area contributed by atoms with Crippen molar-refractivity contribution < 1.29 is 24.1 Å². The summed E-state index contributed by atoms with van der Waals surface area (Å²) in [6.07, 6.45) is 8.21. The summed E-state index contributed by atoms with van der Waals surface area (Å²) in [6.45, 7) is 6.29. The second-order valence-corrected chi connectivity index (χ2v) is 14.9. The Bertz CT molecular complexity index is 1450. The van der Waals surface area contributed by atoms with Crippen LogP contribution in [0.2, 0.25) is 0 Å². The highest BCUT2D eigenvalue weighted by molar-refractivity contribution is 7.19. The van der Waals surface area contributed by atoms with Crippen LogP contribution in [0.15, 0.2) is 42.5 Å². The first-order chi connectivity index (χ1) is 21.1. The van der Waals surface area contributed by atoms with Crippen molar-refractivity contribution in [2.75, 3.05) is 40.0 Å². The van der Waals surface area contributed by atoms with Crippen molar-refractivity contribution in [2.24, 2.45) is 17.3 Å². The lowest BCUT2D eigenvalue weighted by Crippen LogP contribution is -2.72. The summed E-state index contributed by atoms with van der Waals surface area (Å²) in [5, 5.41) is 10.8. The molecule has 6 atom stereocenters. The number of aliphatic hydroxyl groups is 1. The number of ether oxygens (including phenoxy) is 4. The van der Waals surface area contributed by atoms with Gasteiger partial charge in [-0.25, -0.2) is 0 Å². The van der Waals surface area contributed by atoms with Crippen molar-refractivity contribution >= 4 is 21.4 Å². The molecule has 230 valence electrons. The van der Waals surface area contributed by atoms with Crippen LogP contribution in [0.1, 0.15) is 67.4 Å². The third-order valence-corrected chi connectivity index (χ3v) is 12.6. The van der Waals surface area contributed by atoms with E-state index in [4.69, 9.17) is 18.9 Å². The van der Waals surface area contributed by atoms with E-state index in [2.05, 4.69) is 54.3 Å². The molecule has 0 radical (unpaired) electrons. The molecule has 2 aromatic carbocycles. The SMILES string of the molecule is CCCN(CC1CC1)[C@@H]1Cc2ccc(OCCO)c3c2C2[C@@H](O3)[C@@]3(OC)CC[C@]21C[C@@H]3COCc1cc2ccccc2s1. The van der Waals surface area contributed by atoms with Gasteiger partial charge in [-0.1, -0.05) is 31.2 Å². The summed E-state index contributed by atoms with van der Waals surface area (Å²) in [6, 6.07) is 15.7. The summed E-state index contributed by atoms with van der Waals surface area (Å²) < 4.78 is 27.7. The quantitative estimate of drug-likeness (QED) is 0.239. The molecular weight excluding hydrogens is 558 g/mol. The van der Waals surface area contributed by atoms with Crippen molar-refractivity contribution in [1.82, 2.24) is 4.90 Å². The minimum absolute atomic E-state index is 0.0102. The normalized spacial score (nSPS) is 31.9. The number of hydrogen-bond acceptors (Lipinski definition) is 7. The van der Waals surface area contributed by atoms with E-state index in [1.807, 2.05) is 18.4 Å². The van der Waals surface area contributed by atoms with Crippen molar-refractivity contribution in [3.05, 3.63) is 58.5 Å². The van der Waals surface area contributed by atoms with E-state index in [9.17, 15) is 5.11 Å². The number of aliphatic hydroxyl groups excluding tert-OH is 1. The highest BCUT2D eigenvalue weighted by atomic mass is 32.1. The van der Waals surface area contributed by atoms with E-state index >= 15 is 0 Å². The Hall–Kier alpha value is -2.16. The number of nitrogens with zero attached hydrogens (tertiary/aromatic N) is 1. The Morgan fingerprint density at radius 3 is 2.81 bits per heavy atom. The summed E-state index contributed by atoms with van der Waals surface area (Å²) in [7, 11) is 1.89. The van der Waals surface area contributed by atoms with Gasteiger partial charge in [0.1, 0.15) is 18.3 Å². The lowest BCUT2D eigenvalue weighted by molar-refractivity contribution is -0.243. The third-order valence-electron chi connectivity index (χ3n) is 11.5. The maximum atomic E-state index is 9.52. The molecule has 1 N–H and O–H groups in total. The number of fused-ring (bicyclic) bond motifs is 3. The van der Waals surface area contributed by atoms with Crippen molar-refractivity contribution in [1.29, 1.82) is 0 Å². The summed E-state index contributed by atoms with van der Waals surface area (Å²) in [5.74, 6) is 3.08. The van der Waals surface area contributed by atoms with Gasteiger partial charge in [-0.2, -0.15) is 0 Å². The Morgan fingerprint density at radius 2 is 2.02 bits per heavy atom. The molecule has 1 aromatic heterocycles. The number of hydrogen-bond donors (Lipinski definition) is 1. The minimum Gasteiger partial charge on any atom is -0.487 e. The molecule has 2 heterocycles. The Labute approximate surface area is 259 Å². The topological polar surface area (TPSA) is 60.4 Å². The monoisotopic (exact) mass is 603 g/mol. The van der Waals surface area contributed by atoms with Crippen LogP contribution in [0.5, 0.6) is 11.5 Å². The number of rotatable bonds is 13. The van der Waals surface area contributed by atoms with Gasteiger partial charge in [-0.15, -0.1) is 11.3 Å². The number of methoxy groups -OCH3 is 1. The van der Waals surface area contributed by atoms with Crippen LogP contribution in [-0.4, -0.2) is 67.8 Å². The van der Waals surface area contributed by atoms with Gasteiger partial charge in [0.05, 0.1) is 19.8 Å². The molecule has 43 heavy (non-hydrogen) atoms. The highest BCUT2D eigenvalue weighted by Gasteiger charge is 2.72. The maximum absolute atomic E-state index is 9.52. The zero-order valence-electron chi connectivity index (χ0n) is 25.6. The molecule has 1 aliphatic heterocycles. The lowest BCUT2D eigenvalue weighted by atomic mass is 9.43. The van der Waals surface area contributed by atoms with Crippen LogP contribution >= 0.6 is 11.3 Å². The van der Waals surface area contributed by atoms with Gasteiger partial charge in [0.2, 0.25) is 0 Å². The number of thiophene rings is 1. The van der Waals surface area contributed by atoms with Crippen LogP contribution in [0.25, 0.3) is 10.1 Å². The first kappa shape index (κ1) is 28.3. The zero-order chi connectivity index (χ0) is 29.2. The molecule has 2 bridgehead atoms. The van der Waals surface area contributed by atoms with E-state index < -0.39 is 5.60 Å². The Morgan fingerprint density at radius 1 is 1.14 bits per heavy atom. The summed E-state index contributed by atoms with van der Waals surface area (Å²) >= 11 is 1.83. The van der Waals surface area contributed by atoms with Crippen LogP contribution in [0, 0.1) is 17.3 Å². The van der Waals surface area contributed by atoms with Crippen molar-refractivity contribution in [2.45, 2.75) is 82.1 Å². The molecular formula is C36H45NO5S. The standard InChI is InChI=1S/C36H45NO5S/c1-3-14-37(20-23-8-9-23)30-18-25-10-11-28(41-16-15-38)33-31(25)32-34(42-33)36(39-2)13-12-35(30,32)19-26(36)21-40-22-27-17-24-6-4-5-7-29(24)43-27/h4-7,10-11,17,23,26,30,32,34,38H,3,8-9,12-16,18-22H2,1-2H3/t26-,30-,32?,34-,35-,36-/m1/s1. The first-order valence-corrected chi connectivity index (χ1v) is 17.3. The first-order valence-electron chi connectivity index (χ1n) is 16.5. The average molecular weight is 604 g/mol. The summed E-state index contributed by atoms with van der Waals surface area (Å²) in [4.78, 5) is 4.16. The second-order valence-electron chi connectivity index (χ2n) is 13.8.